The van der Waals surface area contributed by atoms with Gasteiger partial charge in [-0.2, -0.15) is 0 Å². The molecule has 1 aromatic rings. The fourth-order valence-electron chi connectivity index (χ4n) is 1.73. The largest absolute Gasteiger partial charge is 0.481 e. The molecule has 0 heterocycles. The summed E-state index contributed by atoms with van der Waals surface area (Å²) in [6.07, 6.45) is -0.232. The van der Waals surface area contributed by atoms with Crippen molar-refractivity contribution in [3.05, 3.63) is 22.7 Å². The maximum atomic E-state index is 10.9. The van der Waals surface area contributed by atoms with E-state index in [4.69, 9.17) is 45.1 Å². The molecule has 0 amide bonds. The van der Waals surface area contributed by atoms with E-state index in [1.807, 2.05) is 0 Å². The molecule has 0 aliphatic rings. The monoisotopic (exact) mass is 378 g/mol. The van der Waals surface area contributed by atoms with Gasteiger partial charge in [0.25, 0.3) is 0 Å². The maximum absolute atomic E-state index is 10.9. The van der Waals surface area contributed by atoms with Crippen LogP contribution < -0.4 is 9.47 Å². The van der Waals surface area contributed by atoms with Gasteiger partial charge < -0.3 is 33.5 Å². The van der Waals surface area contributed by atoms with Gasteiger partial charge in [0.05, 0.1) is 37.9 Å². The van der Waals surface area contributed by atoms with E-state index in [0.29, 0.717) is 37.7 Å². The topological polar surface area (TPSA) is 92.7 Å². The van der Waals surface area contributed by atoms with Crippen molar-refractivity contribution in [3.63, 3.8) is 0 Å². The number of carboxylic acids is 1. The Morgan fingerprint density at radius 2 is 1.60 bits per heavy atom. The summed E-state index contributed by atoms with van der Waals surface area (Å²) in [6, 6.07) is 3.15. The molecular weight excluding hydrogens is 356 g/mol. The fraction of sp³-hybridized carbons (Fsp3) is 0.562. The standard InChI is InChI=1S/C16H23ClO8/c1-20-5-7-22-10-24-13-4-3-12(9-14(18)19)15(17)16(13)25-11-23-8-6-21-2/h3-4H,5-11H2,1-2H3,(H,18,19). The SMILES string of the molecule is COCCOCOc1ccc(CC(=O)O)c(Cl)c1OCOCCOC. The van der Waals surface area contributed by atoms with Crippen LogP contribution in [0, 0.1) is 0 Å². The van der Waals surface area contributed by atoms with Crippen molar-refractivity contribution < 1.29 is 38.3 Å². The molecule has 8 nitrogen and oxygen atoms in total. The maximum Gasteiger partial charge on any atom is 0.307 e. The van der Waals surface area contributed by atoms with Crippen LogP contribution in [0.4, 0.5) is 0 Å². The molecule has 9 heteroatoms. The highest BCUT2D eigenvalue weighted by Gasteiger charge is 2.16. The zero-order valence-electron chi connectivity index (χ0n) is 14.3. The minimum atomic E-state index is -0.999. The number of ether oxygens (including phenoxy) is 6. The van der Waals surface area contributed by atoms with Gasteiger partial charge in [0, 0.05) is 14.2 Å². The van der Waals surface area contributed by atoms with E-state index in [-0.39, 0.29) is 30.8 Å². The van der Waals surface area contributed by atoms with Crippen molar-refractivity contribution in [2.45, 2.75) is 6.42 Å². The van der Waals surface area contributed by atoms with Gasteiger partial charge in [-0.05, 0) is 11.6 Å². The van der Waals surface area contributed by atoms with Gasteiger partial charge in [-0.3, -0.25) is 4.79 Å². The Labute approximate surface area is 151 Å². The normalized spacial score (nSPS) is 10.7. The average Bonchev–Trinajstić information content (AvgIpc) is 2.58. The number of carboxylic acid groups (broad SMARTS) is 1. The summed E-state index contributed by atoms with van der Waals surface area (Å²) in [5.41, 5.74) is 0.411. The van der Waals surface area contributed by atoms with Gasteiger partial charge in [-0.1, -0.05) is 17.7 Å². The summed E-state index contributed by atoms with van der Waals surface area (Å²) < 4.78 is 31.2. The smallest absolute Gasteiger partial charge is 0.307 e. The van der Waals surface area contributed by atoms with Crippen LogP contribution in [0.25, 0.3) is 0 Å². The van der Waals surface area contributed by atoms with Crippen molar-refractivity contribution in [2.24, 2.45) is 0 Å². The van der Waals surface area contributed by atoms with Crippen LogP contribution in [-0.2, 0) is 30.2 Å². The highest BCUT2D eigenvalue weighted by atomic mass is 35.5. The molecule has 0 atom stereocenters. The molecular formula is C16H23ClO8. The average molecular weight is 379 g/mol. The minimum absolute atomic E-state index is 0.0289. The Hall–Kier alpha value is -1.58. The van der Waals surface area contributed by atoms with Gasteiger partial charge in [0.2, 0.25) is 0 Å². The lowest BCUT2D eigenvalue weighted by atomic mass is 10.1. The second kappa shape index (κ2) is 12.7. The van der Waals surface area contributed by atoms with Crippen LogP contribution in [0.15, 0.2) is 12.1 Å². The molecule has 0 spiro atoms. The van der Waals surface area contributed by atoms with Gasteiger partial charge in [0.1, 0.15) is 0 Å². The second-order valence-electron chi connectivity index (χ2n) is 4.76. The Bertz CT molecular complexity index is 523. The van der Waals surface area contributed by atoms with E-state index in [2.05, 4.69) is 0 Å². The molecule has 1 rings (SSSR count). The zero-order chi connectivity index (χ0) is 18.5. The lowest BCUT2D eigenvalue weighted by Crippen LogP contribution is -2.11. The zero-order valence-corrected chi connectivity index (χ0v) is 15.0. The number of carbonyl (C=O) groups is 1. The van der Waals surface area contributed by atoms with E-state index >= 15 is 0 Å². The molecule has 0 saturated carbocycles. The van der Waals surface area contributed by atoms with Gasteiger partial charge in [0.15, 0.2) is 25.1 Å². The highest BCUT2D eigenvalue weighted by molar-refractivity contribution is 6.33. The van der Waals surface area contributed by atoms with E-state index in [1.165, 1.54) is 0 Å². The molecule has 142 valence electrons. The van der Waals surface area contributed by atoms with Crippen molar-refractivity contribution in [2.75, 3.05) is 54.2 Å². The fourth-order valence-corrected chi connectivity index (χ4v) is 2.01. The van der Waals surface area contributed by atoms with Crippen molar-refractivity contribution in [1.82, 2.24) is 0 Å². The molecule has 0 unspecified atom stereocenters. The van der Waals surface area contributed by atoms with Crippen molar-refractivity contribution >= 4 is 17.6 Å². The molecule has 0 saturated heterocycles. The van der Waals surface area contributed by atoms with Gasteiger partial charge >= 0.3 is 5.97 Å². The first-order chi connectivity index (χ1) is 12.1. The van der Waals surface area contributed by atoms with Gasteiger partial charge in [-0.25, -0.2) is 0 Å². The summed E-state index contributed by atoms with van der Waals surface area (Å²) in [4.78, 5) is 10.9. The molecule has 0 aliphatic carbocycles. The van der Waals surface area contributed by atoms with Crippen LogP contribution >= 0.6 is 11.6 Å². The Morgan fingerprint density at radius 3 is 2.16 bits per heavy atom. The predicted molar refractivity (Wildman–Crippen MR) is 89.4 cm³/mol. The van der Waals surface area contributed by atoms with E-state index in [1.54, 1.807) is 26.4 Å². The lowest BCUT2D eigenvalue weighted by molar-refractivity contribution is -0.136. The third kappa shape index (κ3) is 8.37. The third-order valence-corrected chi connectivity index (χ3v) is 3.34. The van der Waals surface area contributed by atoms with Gasteiger partial charge in [-0.15, -0.1) is 0 Å². The molecule has 0 aromatic heterocycles. The Morgan fingerprint density at radius 1 is 1.00 bits per heavy atom. The number of benzene rings is 1. The molecule has 0 radical (unpaired) electrons. The summed E-state index contributed by atoms with van der Waals surface area (Å²) >= 11 is 6.25. The van der Waals surface area contributed by atoms with Crippen LogP contribution in [-0.4, -0.2) is 65.3 Å². The number of hydrogen-bond donors (Lipinski definition) is 1. The summed E-state index contributed by atoms with van der Waals surface area (Å²) in [5.74, 6) is -0.471. The summed E-state index contributed by atoms with van der Waals surface area (Å²) in [7, 11) is 3.13. The number of aliphatic carboxylic acids is 1. The van der Waals surface area contributed by atoms with Crippen LogP contribution in [0.2, 0.25) is 5.02 Å². The number of hydrogen-bond acceptors (Lipinski definition) is 7. The number of rotatable bonds is 14. The first-order valence-corrected chi connectivity index (χ1v) is 7.90. The number of methoxy groups -OCH3 is 2. The number of halogens is 1. The van der Waals surface area contributed by atoms with Crippen molar-refractivity contribution in [1.29, 1.82) is 0 Å². The predicted octanol–water partition coefficient (Wildman–Crippen LogP) is 1.97. The molecule has 25 heavy (non-hydrogen) atoms. The quantitative estimate of drug-likeness (QED) is 0.388. The minimum Gasteiger partial charge on any atom is -0.481 e. The Kier molecular flexibility index (Phi) is 10.9. The van der Waals surface area contributed by atoms with Crippen LogP contribution in [0.3, 0.4) is 0 Å². The lowest BCUT2D eigenvalue weighted by Gasteiger charge is -2.16. The molecule has 0 aliphatic heterocycles. The highest BCUT2D eigenvalue weighted by Crippen LogP contribution is 2.38. The van der Waals surface area contributed by atoms with E-state index < -0.39 is 5.97 Å². The second-order valence-corrected chi connectivity index (χ2v) is 5.14. The molecule has 1 aromatic carbocycles. The summed E-state index contributed by atoms with van der Waals surface area (Å²) in [5, 5.41) is 9.11. The first kappa shape index (κ1) is 21.5. The molecule has 1 N–H and O–H groups in total. The van der Waals surface area contributed by atoms with E-state index in [0.717, 1.165) is 0 Å². The van der Waals surface area contributed by atoms with E-state index in [9.17, 15) is 4.79 Å². The van der Waals surface area contributed by atoms with Crippen molar-refractivity contribution in [3.8, 4) is 11.5 Å². The van der Waals surface area contributed by atoms with Crippen LogP contribution in [0.5, 0.6) is 11.5 Å². The molecule has 0 bridgehead atoms. The molecule has 0 fully saturated rings. The van der Waals surface area contributed by atoms with Crippen LogP contribution in [0.1, 0.15) is 5.56 Å². The third-order valence-electron chi connectivity index (χ3n) is 2.93. The summed E-state index contributed by atoms with van der Waals surface area (Å²) in [6.45, 7) is 1.47. The Balaban J connectivity index is 2.74. The first-order valence-electron chi connectivity index (χ1n) is 7.52.